The number of nitrogens with zero attached hydrogens (tertiary/aromatic N) is 2. The smallest absolute Gasteiger partial charge is 0.263 e. The number of amides is 1. The van der Waals surface area contributed by atoms with Crippen LogP contribution >= 0.6 is 0 Å². The largest absolute Gasteiger partial charge is 0.494 e. The summed E-state index contributed by atoms with van der Waals surface area (Å²) in [4.78, 5) is 12.4. The van der Waals surface area contributed by atoms with Gasteiger partial charge in [0.05, 0.1) is 24.8 Å². The maximum Gasteiger partial charge on any atom is 0.263 e. The molecule has 1 atom stereocenters. The van der Waals surface area contributed by atoms with Gasteiger partial charge in [-0.3, -0.25) is 9.10 Å². The first-order valence-corrected chi connectivity index (χ1v) is 10.4. The first kappa shape index (κ1) is 21.4. The molecule has 1 N–H and O–H groups in total. The lowest BCUT2D eigenvalue weighted by atomic mass is 10.2. The Bertz CT molecular complexity index is 946. The highest BCUT2D eigenvalue weighted by Gasteiger charge is 2.29. The fourth-order valence-electron chi connectivity index (χ4n) is 2.50. The summed E-state index contributed by atoms with van der Waals surface area (Å²) in [5.74, 6) is -0.557. The van der Waals surface area contributed by atoms with Crippen molar-refractivity contribution in [1.29, 1.82) is 0 Å². The number of ether oxygens (including phenoxy) is 1. The Labute approximate surface area is 163 Å². The van der Waals surface area contributed by atoms with Crippen LogP contribution in [0.2, 0.25) is 0 Å². The second-order valence-corrected chi connectivity index (χ2v) is 7.78. The number of nitrogens with one attached hydrogen (secondary N) is 1. The Balaban J connectivity index is 2.17. The van der Waals surface area contributed by atoms with Crippen molar-refractivity contribution >= 4 is 27.8 Å². The van der Waals surface area contributed by atoms with Crippen molar-refractivity contribution in [2.24, 2.45) is 5.10 Å². The first-order chi connectivity index (χ1) is 13.2. The highest BCUT2D eigenvalue weighted by atomic mass is 32.2. The normalized spacial score (nSPS) is 12.6. The molecule has 7 nitrogen and oxygen atoms in total. The summed E-state index contributed by atoms with van der Waals surface area (Å²) in [6, 6.07) is 11.2. The van der Waals surface area contributed by atoms with Crippen LogP contribution in [0.15, 0.2) is 53.6 Å². The molecule has 2 aromatic rings. The lowest BCUT2D eigenvalue weighted by Crippen LogP contribution is -2.46. The van der Waals surface area contributed by atoms with Crippen LogP contribution in [0.3, 0.4) is 0 Å². The molecule has 2 aromatic carbocycles. The Morgan fingerprint density at radius 1 is 1.25 bits per heavy atom. The minimum Gasteiger partial charge on any atom is -0.494 e. The molecule has 0 saturated heterocycles. The topological polar surface area (TPSA) is 88.1 Å². The summed E-state index contributed by atoms with van der Waals surface area (Å²) in [5.41, 5.74) is 2.75. The average Bonchev–Trinajstić information content (AvgIpc) is 2.64. The molecule has 150 valence electrons. The van der Waals surface area contributed by atoms with Crippen LogP contribution in [-0.2, 0) is 14.8 Å². The summed E-state index contributed by atoms with van der Waals surface area (Å²) in [6.07, 6.45) is 2.16. The van der Waals surface area contributed by atoms with E-state index < -0.39 is 27.8 Å². The second-order valence-electron chi connectivity index (χ2n) is 5.92. The molecule has 0 aliphatic carbocycles. The molecule has 0 saturated carbocycles. The van der Waals surface area contributed by atoms with E-state index in [0.717, 1.165) is 16.8 Å². The van der Waals surface area contributed by atoms with Gasteiger partial charge in [-0.1, -0.05) is 18.2 Å². The molecule has 0 radical (unpaired) electrons. The third-order valence-corrected chi connectivity index (χ3v) is 5.02. The molecular weight excluding hydrogens is 385 g/mol. The molecule has 0 aromatic heterocycles. The van der Waals surface area contributed by atoms with Crippen LogP contribution in [0.1, 0.15) is 19.4 Å². The Morgan fingerprint density at radius 2 is 1.89 bits per heavy atom. The number of hydrogen-bond acceptors (Lipinski definition) is 5. The number of carbonyl (C=O) groups is 1. The van der Waals surface area contributed by atoms with Crippen molar-refractivity contribution in [2.75, 3.05) is 17.2 Å². The van der Waals surface area contributed by atoms with E-state index in [1.165, 1.54) is 25.1 Å². The minimum atomic E-state index is -3.75. The SMILES string of the molecule is CCOc1ccc(N([C@H](C)C(=O)N/N=C\c2ccccc2F)S(C)(=O)=O)cc1. The van der Waals surface area contributed by atoms with E-state index >= 15 is 0 Å². The Hall–Kier alpha value is -2.94. The first-order valence-electron chi connectivity index (χ1n) is 8.53. The van der Waals surface area contributed by atoms with E-state index in [9.17, 15) is 17.6 Å². The maximum absolute atomic E-state index is 13.6. The summed E-state index contributed by atoms with van der Waals surface area (Å²) < 4.78 is 44.4. The molecule has 0 unspecified atom stereocenters. The molecule has 0 bridgehead atoms. The van der Waals surface area contributed by atoms with Crippen molar-refractivity contribution in [1.82, 2.24) is 5.43 Å². The summed E-state index contributed by atoms with van der Waals surface area (Å²) >= 11 is 0. The molecule has 28 heavy (non-hydrogen) atoms. The second kappa shape index (κ2) is 9.32. The predicted octanol–water partition coefficient (Wildman–Crippen LogP) is 2.53. The Morgan fingerprint density at radius 3 is 2.46 bits per heavy atom. The minimum absolute atomic E-state index is 0.196. The number of hydrazone groups is 1. The van der Waals surface area contributed by atoms with Crippen molar-refractivity contribution in [3.05, 3.63) is 59.9 Å². The van der Waals surface area contributed by atoms with Crippen molar-refractivity contribution in [3.63, 3.8) is 0 Å². The zero-order chi connectivity index (χ0) is 20.7. The molecule has 0 fully saturated rings. The lowest BCUT2D eigenvalue weighted by molar-refractivity contribution is -0.121. The van der Waals surface area contributed by atoms with Gasteiger partial charge in [0.15, 0.2) is 0 Å². The van der Waals surface area contributed by atoms with Crippen LogP contribution in [0.4, 0.5) is 10.1 Å². The van der Waals surface area contributed by atoms with Gasteiger partial charge in [-0.25, -0.2) is 18.2 Å². The number of hydrogen-bond donors (Lipinski definition) is 1. The van der Waals surface area contributed by atoms with E-state index in [1.807, 2.05) is 6.92 Å². The van der Waals surface area contributed by atoms with Crippen molar-refractivity contribution < 1.29 is 22.3 Å². The summed E-state index contributed by atoms with van der Waals surface area (Å²) in [7, 11) is -3.75. The van der Waals surface area contributed by atoms with Crippen LogP contribution in [0.5, 0.6) is 5.75 Å². The average molecular weight is 407 g/mol. The zero-order valence-electron chi connectivity index (χ0n) is 15.8. The fourth-order valence-corrected chi connectivity index (χ4v) is 3.68. The van der Waals surface area contributed by atoms with Crippen LogP contribution in [-0.4, -0.2) is 39.4 Å². The number of halogens is 1. The van der Waals surface area contributed by atoms with Gasteiger partial charge in [-0.2, -0.15) is 5.10 Å². The molecule has 9 heteroatoms. The van der Waals surface area contributed by atoms with Crippen molar-refractivity contribution in [3.8, 4) is 5.75 Å². The van der Waals surface area contributed by atoms with Crippen LogP contribution in [0, 0.1) is 5.82 Å². The van der Waals surface area contributed by atoms with Crippen molar-refractivity contribution in [2.45, 2.75) is 19.9 Å². The van der Waals surface area contributed by atoms with Gasteiger partial charge in [-0.05, 0) is 44.2 Å². The molecule has 0 heterocycles. The zero-order valence-corrected chi connectivity index (χ0v) is 16.6. The predicted molar refractivity (Wildman–Crippen MR) is 107 cm³/mol. The van der Waals surface area contributed by atoms with E-state index in [2.05, 4.69) is 10.5 Å². The summed E-state index contributed by atoms with van der Waals surface area (Å²) in [6.45, 7) is 3.75. The van der Waals surface area contributed by atoms with Gasteiger partial charge >= 0.3 is 0 Å². The van der Waals surface area contributed by atoms with E-state index in [1.54, 1.807) is 30.3 Å². The van der Waals surface area contributed by atoms with E-state index in [4.69, 9.17) is 4.74 Å². The van der Waals surface area contributed by atoms with Crippen LogP contribution < -0.4 is 14.5 Å². The fraction of sp³-hybridized carbons (Fsp3) is 0.263. The summed E-state index contributed by atoms with van der Waals surface area (Å²) in [5, 5.41) is 3.71. The quantitative estimate of drug-likeness (QED) is 0.538. The Kier molecular flexibility index (Phi) is 7.11. The number of carbonyl (C=O) groups excluding carboxylic acids is 1. The molecular formula is C19H22FN3O4S. The molecule has 0 aliphatic rings. The number of sulfonamides is 1. The lowest BCUT2D eigenvalue weighted by Gasteiger charge is -2.27. The van der Waals surface area contributed by atoms with Gasteiger partial charge in [0.25, 0.3) is 5.91 Å². The number of anilines is 1. The number of rotatable bonds is 8. The molecule has 2 rings (SSSR count). The van der Waals surface area contributed by atoms with Crippen LogP contribution in [0.25, 0.3) is 0 Å². The molecule has 0 aliphatic heterocycles. The van der Waals surface area contributed by atoms with Gasteiger partial charge in [0.2, 0.25) is 10.0 Å². The third kappa shape index (κ3) is 5.53. The highest BCUT2D eigenvalue weighted by Crippen LogP contribution is 2.24. The molecule has 1 amide bonds. The van der Waals surface area contributed by atoms with Gasteiger partial charge in [0, 0.05) is 5.56 Å². The van der Waals surface area contributed by atoms with Gasteiger partial charge in [-0.15, -0.1) is 0 Å². The van der Waals surface area contributed by atoms with E-state index in [-0.39, 0.29) is 5.56 Å². The van der Waals surface area contributed by atoms with Gasteiger partial charge in [0.1, 0.15) is 17.6 Å². The van der Waals surface area contributed by atoms with Gasteiger partial charge < -0.3 is 4.74 Å². The molecule has 0 spiro atoms. The van der Waals surface area contributed by atoms with E-state index in [0.29, 0.717) is 18.0 Å². The highest BCUT2D eigenvalue weighted by molar-refractivity contribution is 7.92. The maximum atomic E-state index is 13.6. The standard InChI is InChI=1S/C19H22FN3O4S/c1-4-27-17-11-9-16(10-12-17)23(28(3,25)26)14(2)19(24)22-21-13-15-7-5-6-8-18(15)20/h5-14H,4H2,1-3H3,(H,22,24)/b21-13-/t14-/m1/s1. The third-order valence-electron chi connectivity index (χ3n) is 3.77. The number of benzene rings is 2. The monoisotopic (exact) mass is 407 g/mol.